The second-order valence-electron chi connectivity index (χ2n) is 7.14. The fourth-order valence-electron chi connectivity index (χ4n) is 4.06. The maximum atomic E-state index is 12.3. The average molecular weight is 324 g/mol. The minimum Gasteiger partial charge on any atom is -0.359 e. The zero-order valence-electron chi connectivity index (χ0n) is 14.0. The first-order chi connectivity index (χ1) is 11.8. The maximum Gasteiger partial charge on any atom is 0.223 e. The number of benzene rings is 1. The fraction of sp³-hybridized carbons (Fsp3) is 0.500. The van der Waals surface area contributed by atoms with E-state index in [2.05, 4.69) is 23.4 Å². The lowest BCUT2D eigenvalue weighted by atomic mass is 9.87. The van der Waals surface area contributed by atoms with Crippen LogP contribution in [0.15, 0.2) is 40.9 Å². The Labute approximate surface area is 142 Å². The average Bonchev–Trinajstić information content (AvgIpc) is 3.24. The predicted molar refractivity (Wildman–Crippen MR) is 91.5 cm³/mol. The molecular weight excluding hydrogens is 300 g/mol. The van der Waals surface area contributed by atoms with Gasteiger partial charge in [0, 0.05) is 30.9 Å². The van der Waals surface area contributed by atoms with E-state index in [9.17, 15) is 4.79 Å². The molecule has 4 heteroatoms. The van der Waals surface area contributed by atoms with E-state index < -0.39 is 0 Å². The number of hydrogen-bond donors (Lipinski definition) is 0. The number of hydrogen-bond acceptors (Lipinski definition) is 3. The van der Waals surface area contributed by atoms with Gasteiger partial charge in [-0.25, -0.2) is 0 Å². The summed E-state index contributed by atoms with van der Waals surface area (Å²) in [5, 5.41) is 4.27. The lowest BCUT2D eigenvalue weighted by Crippen LogP contribution is -2.24. The number of rotatable bonds is 4. The molecule has 1 aromatic heterocycles. The van der Waals surface area contributed by atoms with Gasteiger partial charge in [-0.2, -0.15) is 0 Å². The van der Waals surface area contributed by atoms with Crippen molar-refractivity contribution in [2.75, 3.05) is 6.54 Å². The van der Waals surface area contributed by atoms with Crippen LogP contribution in [-0.2, 0) is 11.3 Å². The Balaban J connectivity index is 1.40. The van der Waals surface area contributed by atoms with Gasteiger partial charge in [0.2, 0.25) is 5.91 Å². The SMILES string of the molecule is O=C1CC(c2ccccc2)CN1Cc1cc(C2CCCCC2)no1. The summed E-state index contributed by atoms with van der Waals surface area (Å²) in [6.07, 6.45) is 6.93. The number of aromatic nitrogens is 1. The molecule has 0 N–H and O–H groups in total. The topological polar surface area (TPSA) is 46.3 Å². The van der Waals surface area contributed by atoms with E-state index in [-0.39, 0.29) is 5.91 Å². The van der Waals surface area contributed by atoms with Crippen molar-refractivity contribution in [1.29, 1.82) is 0 Å². The van der Waals surface area contributed by atoms with Gasteiger partial charge in [-0.05, 0) is 18.4 Å². The summed E-state index contributed by atoms with van der Waals surface area (Å²) in [4.78, 5) is 14.2. The van der Waals surface area contributed by atoms with E-state index in [4.69, 9.17) is 4.52 Å². The maximum absolute atomic E-state index is 12.3. The first-order valence-electron chi connectivity index (χ1n) is 9.08. The molecule has 126 valence electrons. The molecule has 1 aliphatic carbocycles. The highest BCUT2D eigenvalue weighted by Crippen LogP contribution is 2.33. The first-order valence-corrected chi connectivity index (χ1v) is 9.08. The zero-order valence-corrected chi connectivity index (χ0v) is 14.0. The number of nitrogens with zero attached hydrogens (tertiary/aromatic N) is 2. The van der Waals surface area contributed by atoms with Gasteiger partial charge < -0.3 is 9.42 Å². The van der Waals surface area contributed by atoms with Crippen LogP contribution in [0.3, 0.4) is 0 Å². The van der Waals surface area contributed by atoms with Crippen LogP contribution in [0.25, 0.3) is 0 Å². The van der Waals surface area contributed by atoms with Crippen LogP contribution in [-0.4, -0.2) is 22.5 Å². The van der Waals surface area contributed by atoms with Crippen molar-refractivity contribution in [3.63, 3.8) is 0 Å². The molecule has 4 nitrogen and oxygen atoms in total. The monoisotopic (exact) mass is 324 g/mol. The predicted octanol–water partition coefficient (Wildman–Crippen LogP) is 4.24. The van der Waals surface area contributed by atoms with Gasteiger partial charge in [0.15, 0.2) is 5.76 Å². The standard InChI is InChI=1S/C20H24N2O2/c23-20-11-17(15-7-3-1-4-8-15)13-22(20)14-18-12-19(21-24-18)16-9-5-2-6-10-16/h1,3-4,7-8,12,16-17H,2,5-6,9-11,13-14H2. The van der Waals surface area contributed by atoms with Crippen LogP contribution in [0.2, 0.25) is 0 Å². The van der Waals surface area contributed by atoms with E-state index in [0.29, 0.717) is 24.8 Å². The normalized spacial score (nSPS) is 22.2. The third kappa shape index (κ3) is 3.23. The molecule has 1 amide bonds. The van der Waals surface area contributed by atoms with Crippen LogP contribution in [0.4, 0.5) is 0 Å². The molecule has 0 radical (unpaired) electrons. The first kappa shape index (κ1) is 15.4. The smallest absolute Gasteiger partial charge is 0.223 e. The van der Waals surface area contributed by atoms with Gasteiger partial charge in [-0.3, -0.25) is 4.79 Å². The van der Waals surface area contributed by atoms with Crippen molar-refractivity contribution in [3.8, 4) is 0 Å². The minimum atomic E-state index is 0.208. The molecule has 1 aliphatic heterocycles. The van der Waals surface area contributed by atoms with Gasteiger partial charge in [0.05, 0.1) is 12.2 Å². The van der Waals surface area contributed by atoms with Crippen LogP contribution < -0.4 is 0 Å². The molecule has 0 bridgehead atoms. The number of carbonyl (C=O) groups excluding carboxylic acids is 1. The van der Waals surface area contributed by atoms with Crippen molar-refractivity contribution >= 4 is 5.91 Å². The van der Waals surface area contributed by atoms with Gasteiger partial charge >= 0.3 is 0 Å². The van der Waals surface area contributed by atoms with Crippen molar-refractivity contribution in [3.05, 3.63) is 53.4 Å². The second kappa shape index (κ2) is 6.80. The summed E-state index contributed by atoms with van der Waals surface area (Å²) in [5.41, 5.74) is 2.32. The molecule has 2 heterocycles. The highest BCUT2D eigenvalue weighted by atomic mass is 16.5. The second-order valence-corrected chi connectivity index (χ2v) is 7.14. The molecule has 1 saturated heterocycles. The molecule has 2 aromatic rings. The summed E-state index contributed by atoms with van der Waals surface area (Å²) in [6, 6.07) is 12.4. The Bertz CT molecular complexity index is 689. The Kier molecular flexibility index (Phi) is 4.37. The minimum absolute atomic E-state index is 0.208. The van der Waals surface area contributed by atoms with Crippen molar-refractivity contribution in [2.24, 2.45) is 0 Å². The lowest BCUT2D eigenvalue weighted by Gasteiger charge is -2.18. The van der Waals surface area contributed by atoms with E-state index in [0.717, 1.165) is 18.0 Å². The fourth-order valence-corrected chi connectivity index (χ4v) is 4.06. The molecular formula is C20H24N2O2. The van der Waals surface area contributed by atoms with Crippen LogP contribution in [0.1, 0.15) is 67.4 Å². The molecule has 2 fully saturated rings. The zero-order chi connectivity index (χ0) is 16.4. The molecule has 1 atom stereocenters. The third-order valence-electron chi connectivity index (χ3n) is 5.43. The Morgan fingerprint density at radius 1 is 1.08 bits per heavy atom. The summed E-state index contributed by atoms with van der Waals surface area (Å²) < 4.78 is 5.53. The molecule has 1 saturated carbocycles. The molecule has 4 rings (SSSR count). The number of carbonyl (C=O) groups is 1. The van der Waals surface area contributed by atoms with Crippen molar-refractivity contribution < 1.29 is 9.32 Å². The molecule has 0 spiro atoms. The Hall–Kier alpha value is -2.10. The quantitative estimate of drug-likeness (QED) is 0.845. The van der Waals surface area contributed by atoms with E-state index in [1.54, 1.807) is 0 Å². The summed E-state index contributed by atoms with van der Waals surface area (Å²) in [6.45, 7) is 1.31. The summed E-state index contributed by atoms with van der Waals surface area (Å²) in [7, 11) is 0. The van der Waals surface area contributed by atoms with Crippen LogP contribution in [0, 0.1) is 0 Å². The van der Waals surface area contributed by atoms with Gasteiger partial charge in [0.25, 0.3) is 0 Å². The lowest BCUT2D eigenvalue weighted by molar-refractivity contribution is -0.128. The molecule has 2 aliphatic rings. The highest BCUT2D eigenvalue weighted by Gasteiger charge is 2.31. The summed E-state index contributed by atoms with van der Waals surface area (Å²) in [5.74, 6) is 1.86. The van der Waals surface area contributed by atoms with E-state index >= 15 is 0 Å². The van der Waals surface area contributed by atoms with Crippen molar-refractivity contribution in [1.82, 2.24) is 10.1 Å². The Morgan fingerprint density at radius 3 is 2.67 bits per heavy atom. The number of likely N-dealkylation sites (tertiary alicyclic amines) is 1. The summed E-state index contributed by atoms with van der Waals surface area (Å²) >= 11 is 0. The van der Waals surface area contributed by atoms with Gasteiger partial charge in [-0.1, -0.05) is 54.8 Å². The van der Waals surface area contributed by atoms with Crippen molar-refractivity contribution in [2.45, 2.75) is 56.9 Å². The molecule has 24 heavy (non-hydrogen) atoms. The largest absolute Gasteiger partial charge is 0.359 e. The number of amides is 1. The van der Waals surface area contributed by atoms with Gasteiger partial charge in [0.1, 0.15) is 0 Å². The van der Waals surface area contributed by atoms with E-state index in [1.807, 2.05) is 23.1 Å². The third-order valence-corrected chi connectivity index (χ3v) is 5.43. The van der Waals surface area contributed by atoms with Crippen LogP contribution >= 0.6 is 0 Å². The van der Waals surface area contributed by atoms with Crippen LogP contribution in [0.5, 0.6) is 0 Å². The van der Waals surface area contributed by atoms with E-state index in [1.165, 1.54) is 37.7 Å². The molecule has 1 unspecified atom stereocenters. The Morgan fingerprint density at radius 2 is 1.88 bits per heavy atom. The van der Waals surface area contributed by atoms with Gasteiger partial charge in [-0.15, -0.1) is 0 Å². The highest BCUT2D eigenvalue weighted by molar-refractivity contribution is 5.79. The molecule has 1 aromatic carbocycles.